The molecule has 0 spiro atoms. The third-order valence-corrected chi connectivity index (χ3v) is 8.20. The molecule has 3 fully saturated rings. The van der Waals surface area contributed by atoms with Crippen LogP contribution < -0.4 is 4.90 Å². The van der Waals surface area contributed by atoms with Gasteiger partial charge in [-0.15, -0.1) is 0 Å². The van der Waals surface area contributed by atoms with Crippen molar-refractivity contribution < 1.29 is 27.6 Å². The van der Waals surface area contributed by atoms with Gasteiger partial charge in [0.1, 0.15) is 6.67 Å². The normalized spacial score (nSPS) is 30.3. The van der Waals surface area contributed by atoms with Crippen molar-refractivity contribution in [3.63, 3.8) is 0 Å². The van der Waals surface area contributed by atoms with E-state index in [2.05, 4.69) is 0 Å². The number of carbonyl (C=O) groups excluding carboxylic acids is 3. The second-order valence-electron chi connectivity index (χ2n) is 9.66. The molecular formula is C26H20ClF3N2O3. The highest BCUT2D eigenvalue weighted by molar-refractivity contribution is 6.34. The number of alkyl halides is 3. The van der Waals surface area contributed by atoms with Gasteiger partial charge in [-0.05, 0) is 60.4 Å². The van der Waals surface area contributed by atoms with Crippen LogP contribution in [-0.4, -0.2) is 29.3 Å². The van der Waals surface area contributed by atoms with E-state index in [1.165, 1.54) is 24.3 Å². The molecule has 3 amide bonds. The fourth-order valence-electron chi connectivity index (χ4n) is 6.19. The van der Waals surface area contributed by atoms with Crippen molar-refractivity contribution in [3.8, 4) is 0 Å². The molecule has 6 unspecified atom stereocenters. The summed E-state index contributed by atoms with van der Waals surface area (Å²) in [5.41, 5.74) is -0.961. The number of carbonyl (C=O) groups is 3. The molecule has 6 atom stereocenters. The highest BCUT2D eigenvalue weighted by atomic mass is 35.5. The maximum atomic E-state index is 13.5. The first-order valence-corrected chi connectivity index (χ1v) is 11.8. The first kappa shape index (κ1) is 22.3. The van der Waals surface area contributed by atoms with Crippen LogP contribution in [0, 0.1) is 35.5 Å². The number of halogens is 4. The van der Waals surface area contributed by atoms with Crippen molar-refractivity contribution in [2.24, 2.45) is 35.5 Å². The molecule has 4 aliphatic carbocycles. The van der Waals surface area contributed by atoms with Gasteiger partial charge in [-0.2, -0.15) is 13.2 Å². The van der Waals surface area contributed by atoms with Gasteiger partial charge in [-0.25, -0.2) is 0 Å². The quantitative estimate of drug-likeness (QED) is 0.438. The first-order valence-electron chi connectivity index (χ1n) is 11.4. The molecule has 9 heteroatoms. The Labute approximate surface area is 204 Å². The summed E-state index contributed by atoms with van der Waals surface area (Å²) in [6.45, 7) is -0.481. The van der Waals surface area contributed by atoms with Crippen LogP contribution >= 0.6 is 11.6 Å². The third kappa shape index (κ3) is 3.41. The van der Waals surface area contributed by atoms with Crippen LogP contribution in [0.15, 0.2) is 60.7 Å². The lowest BCUT2D eigenvalue weighted by molar-refractivity contribution is -0.140. The summed E-state index contributed by atoms with van der Waals surface area (Å²) in [6.07, 6.45) is 0.453. The molecule has 0 radical (unpaired) electrons. The maximum Gasteiger partial charge on any atom is 0.416 e. The number of imide groups is 1. The molecule has 0 aromatic heterocycles. The van der Waals surface area contributed by atoms with Crippen LogP contribution in [0.25, 0.3) is 0 Å². The monoisotopic (exact) mass is 500 g/mol. The standard InChI is InChI=1S/C26H20ClF3N2O3/c27-20-7-2-1-6-17(20)23(33)31(14-5-3-4-13(10-14)26(28,29)30)12-32-24(34)21-15-8-9-16(19-11-18(15)19)22(21)25(32)35/h1-10,15-16,18-19,21-22H,11-12H2. The van der Waals surface area contributed by atoms with Gasteiger partial charge in [0, 0.05) is 5.69 Å². The minimum absolute atomic E-state index is 0.00210. The minimum Gasteiger partial charge on any atom is -0.289 e. The van der Waals surface area contributed by atoms with E-state index >= 15 is 0 Å². The van der Waals surface area contributed by atoms with Crippen molar-refractivity contribution in [3.05, 3.63) is 76.8 Å². The average molecular weight is 501 g/mol. The molecule has 2 aromatic rings. The van der Waals surface area contributed by atoms with Gasteiger partial charge >= 0.3 is 6.18 Å². The summed E-state index contributed by atoms with van der Waals surface area (Å²) in [7, 11) is 0. The number of likely N-dealkylation sites (tertiary alicyclic amines) is 1. The number of rotatable bonds is 4. The number of benzene rings is 2. The second kappa shape index (κ2) is 7.68. The van der Waals surface area contributed by atoms with Gasteiger partial charge in [0.05, 0.1) is 28.0 Å². The molecule has 1 heterocycles. The molecule has 7 rings (SSSR count). The van der Waals surface area contributed by atoms with E-state index in [4.69, 9.17) is 11.6 Å². The number of allylic oxidation sites excluding steroid dienone is 2. The van der Waals surface area contributed by atoms with E-state index < -0.39 is 36.2 Å². The Bertz CT molecular complexity index is 1260. The van der Waals surface area contributed by atoms with E-state index in [0.29, 0.717) is 11.8 Å². The predicted octanol–water partition coefficient (Wildman–Crippen LogP) is 5.02. The molecule has 1 saturated heterocycles. The topological polar surface area (TPSA) is 57.7 Å². The first-order chi connectivity index (χ1) is 16.7. The van der Waals surface area contributed by atoms with Crippen LogP contribution in [0.2, 0.25) is 5.02 Å². The van der Waals surface area contributed by atoms with E-state index in [1.54, 1.807) is 12.1 Å². The largest absolute Gasteiger partial charge is 0.416 e. The summed E-state index contributed by atoms with van der Waals surface area (Å²) in [5, 5.41) is 0.115. The van der Waals surface area contributed by atoms with E-state index in [9.17, 15) is 27.6 Å². The van der Waals surface area contributed by atoms with E-state index in [1.807, 2.05) is 12.2 Å². The zero-order chi connectivity index (χ0) is 24.6. The number of anilines is 1. The zero-order valence-electron chi connectivity index (χ0n) is 18.3. The lowest BCUT2D eigenvalue weighted by Crippen LogP contribution is -2.45. The molecule has 2 aromatic carbocycles. The van der Waals surface area contributed by atoms with Crippen LogP contribution in [0.5, 0.6) is 0 Å². The number of amides is 3. The Hall–Kier alpha value is -3.13. The Balaban J connectivity index is 1.38. The zero-order valence-corrected chi connectivity index (χ0v) is 19.0. The van der Waals surface area contributed by atoms with Crippen LogP contribution in [-0.2, 0) is 15.8 Å². The fourth-order valence-corrected chi connectivity index (χ4v) is 6.41. The van der Waals surface area contributed by atoms with Crippen molar-refractivity contribution in [1.29, 1.82) is 0 Å². The summed E-state index contributed by atoms with van der Waals surface area (Å²) in [5.74, 6) is -1.56. The fraction of sp³-hybridized carbons (Fsp3) is 0.346. The van der Waals surface area contributed by atoms with E-state index in [0.717, 1.165) is 28.4 Å². The summed E-state index contributed by atoms with van der Waals surface area (Å²) < 4.78 is 40.3. The van der Waals surface area contributed by atoms with Gasteiger partial charge < -0.3 is 0 Å². The van der Waals surface area contributed by atoms with Gasteiger partial charge in [0.2, 0.25) is 11.8 Å². The Kier molecular flexibility index (Phi) is 4.90. The lowest BCUT2D eigenvalue weighted by Gasteiger charge is -2.37. The number of hydrogen-bond donors (Lipinski definition) is 0. The van der Waals surface area contributed by atoms with Crippen LogP contribution in [0.3, 0.4) is 0 Å². The van der Waals surface area contributed by atoms with Crippen LogP contribution in [0.1, 0.15) is 22.3 Å². The van der Waals surface area contributed by atoms with Gasteiger partial charge in [0.25, 0.3) is 5.91 Å². The second-order valence-corrected chi connectivity index (χ2v) is 10.1. The van der Waals surface area contributed by atoms with Crippen molar-refractivity contribution in [1.82, 2.24) is 4.90 Å². The summed E-state index contributed by atoms with van der Waals surface area (Å²) in [4.78, 5) is 42.5. The molecule has 0 N–H and O–H groups in total. The Morgan fingerprint density at radius 2 is 1.60 bits per heavy atom. The SMILES string of the molecule is O=C1C2C3C=CC(C4CC34)C2C(=O)N1CN(C(=O)c1ccccc1Cl)c1cccc(C(F)(F)F)c1. The predicted molar refractivity (Wildman–Crippen MR) is 121 cm³/mol. The van der Waals surface area contributed by atoms with Crippen molar-refractivity contribution in [2.75, 3.05) is 11.6 Å². The van der Waals surface area contributed by atoms with Gasteiger partial charge in [-0.3, -0.25) is 24.2 Å². The number of hydrogen-bond acceptors (Lipinski definition) is 3. The molecule has 180 valence electrons. The molecule has 2 saturated carbocycles. The highest BCUT2D eigenvalue weighted by Gasteiger charge is 2.67. The molecule has 5 aliphatic rings. The smallest absolute Gasteiger partial charge is 0.289 e. The lowest BCUT2D eigenvalue weighted by atomic mass is 9.63. The van der Waals surface area contributed by atoms with Crippen LogP contribution in [0.4, 0.5) is 18.9 Å². The molecule has 2 bridgehead atoms. The highest BCUT2D eigenvalue weighted by Crippen LogP contribution is 2.65. The minimum atomic E-state index is -4.63. The van der Waals surface area contributed by atoms with Crippen molar-refractivity contribution in [2.45, 2.75) is 12.6 Å². The molecular weight excluding hydrogens is 481 g/mol. The molecule has 1 aliphatic heterocycles. The van der Waals surface area contributed by atoms with Gasteiger partial charge in [0.15, 0.2) is 0 Å². The van der Waals surface area contributed by atoms with Gasteiger partial charge in [-0.1, -0.05) is 42.0 Å². The van der Waals surface area contributed by atoms with E-state index in [-0.39, 0.29) is 39.9 Å². The summed E-state index contributed by atoms with van der Waals surface area (Å²) >= 11 is 6.21. The molecule has 5 nitrogen and oxygen atoms in total. The Morgan fingerprint density at radius 3 is 2.20 bits per heavy atom. The number of nitrogens with zero attached hydrogens (tertiary/aromatic N) is 2. The maximum absolute atomic E-state index is 13.5. The Morgan fingerprint density at radius 1 is 0.971 bits per heavy atom. The summed E-state index contributed by atoms with van der Waals surface area (Å²) in [6, 6.07) is 10.4. The molecule has 35 heavy (non-hydrogen) atoms. The van der Waals surface area contributed by atoms with Crippen molar-refractivity contribution >= 4 is 35.0 Å². The average Bonchev–Trinajstić information content (AvgIpc) is 3.62. The third-order valence-electron chi connectivity index (χ3n) is 7.87.